The molecule has 16 atom stereocenters. The summed E-state index contributed by atoms with van der Waals surface area (Å²) in [5.74, 6) is 11.3. The number of rotatable bonds is 10. The number of aliphatic hydroxyl groups excluding tert-OH is 2. The van der Waals surface area contributed by atoms with E-state index in [1.165, 1.54) is 122 Å². The first-order chi connectivity index (χ1) is 26.7. The lowest BCUT2D eigenvalue weighted by atomic mass is 9.44. The van der Waals surface area contributed by atoms with Crippen LogP contribution in [0.4, 0.5) is 0 Å². The molecule has 0 heterocycles. The molecule has 320 valence electrons. The first-order valence-corrected chi connectivity index (χ1v) is 25.3. The maximum Gasteiger partial charge on any atom is 0.0639 e. The third-order valence-electron chi connectivity index (χ3n) is 21.0. The van der Waals surface area contributed by atoms with Crippen molar-refractivity contribution in [3.63, 3.8) is 0 Å². The van der Waals surface area contributed by atoms with Crippen molar-refractivity contribution >= 4 is 0 Å². The molecule has 56 heavy (non-hydrogen) atoms. The van der Waals surface area contributed by atoms with Crippen LogP contribution in [0.3, 0.4) is 0 Å². The predicted octanol–water partition coefficient (Wildman–Crippen LogP) is 14.8. The molecule has 0 aromatic rings. The molecule has 8 aliphatic carbocycles. The van der Waals surface area contributed by atoms with Gasteiger partial charge in [0.15, 0.2) is 0 Å². The smallest absolute Gasteiger partial charge is 0.0639 e. The highest BCUT2D eigenvalue weighted by molar-refractivity contribution is 5.25. The number of aliphatic hydroxyl groups is 2. The van der Waals surface area contributed by atoms with E-state index in [0.717, 1.165) is 95.9 Å². The molecule has 0 aliphatic heterocycles. The van der Waals surface area contributed by atoms with E-state index < -0.39 is 0 Å². The fourth-order valence-corrected chi connectivity index (χ4v) is 17.8. The van der Waals surface area contributed by atoms with Gasteiger partial charge in [-0.05, 0) is 215 Å². The monoisotopic (exact) mass is 773 g/mol. The Labute approximate surface area is 347 Å². The molecule has 0 aromatic carbocycles. The molecule has 8 aliphatic rings. The van der Waals surface area contributed by atoms with Crippen LogP contribution in [0.2, 0.25) is 0 Å². The summed E-state index contributed by atoms with van der Waals surface area (Å²) in [4.78, 5) is 0. The normalized spacial score (nSPS) is 46.9. The molecule has 7 fully saturated rings. The minimum atomic E-state index is -0.0766. The fourth-order valence-electron chi connectivity index (χ4n) is 17.8. The summed E-state index contributed by atoms with van der Waals surface area (Å²) in [7, 11) is 0. The van der Waals surface area contributed by atoms with Gasteiger partial charge in [-0.3, -0.25) is 0 Å². The summed E-state index contributed by atoms with van der Waals surface area (Å²) in [6, 6.07) is 0. The van der Waals surface area contributed by atoms with E-state index in [4.69, 9.17) is 0 Å². The van der Waals surface area contributed by atoms with Gasteiger partial charge in [-0.2, -0.15) is 0 Å². The van der Waals surface area contributed by atoms with E-state index in [2.05, 4.69) is 74.5 Å². The zero-order valence-electron chi connectivity index (χ0n) is 38.5. The van der Waals surface area contributed by atoms with Crippen LogP contribution in [0.5, 0.6) is 0 Å². The van der Waals surface area contributed by atoms with Crippen molar-refractivity contribution in [3.8, 4) is 0 Å². The van der Waals surface area contributed by atoms with Crippen molar-refractivity contribution in [2.75, 3.05) is 6.61 Å². The lowest BCUT2D eigenvalue weighted by molar-refractivity contribution is -0.114. The average Bonchev–Trinajstić information content (AvgIpc) is 3.71. The van der Waals surface area contributed by atoms with Gasteiger partial charge in [0.2, 0.25) is 0 Å². The highest BCUT2D eigenvalue weighted by atomic mass is 16.3. The van der Waals surface area contributed by atoms with Gasteiger partial charge in [0, 0.05) is 0 Å². The van der Waals surface area contributed by atoms with Crippen molar-refractivity contribution in [2.24, 2.45) is 92.7 Å². The standard InChI is InChI=1S/2C27H46O/c1-18(2)7-6-8-19(3)23-11-12-24-22-10-9-20-17-21(28)13-15-26(20,4)25(22)14-16-27(23,24)5;1-19(18-28)8-7-9-20(2)23-13-14-24-22-12-11-21-10-5-6-16-26(21,3)25(22)15-17-27(23,24)4/h9,18-19,21-25,28H,6-8,10-17H2,1-5H3;8,20-25,28H,5-7,9-18H2,1-4H3/t19-,21+,22+,23-,24+,25+,26+,27-;20-,21?,22+,23-,24+,25+,26+,27-/m11/s1. The molecule has 7 saturated carbocycles. The lowest BCUT2D eigenvalue weighted by Crippen LogP contribution is -2.53. The summed E-state index contributed by atoms with van der Waals surface area (Å²) in [5, 5.41) is 19.5. The van der Waals surface area contributed by atoms with E-state index >= 15 is 0 Å². The highest BCUT2D eigenvalue weighted by Crippen LogP contribution is 2.69. The molecule has 2 heteroatoms. The Morgan fingerprint density at radius 2 is 1.32 bits per heavy atom. The number of hydrogen-bond acceptors (Lipinski definition) is 2. The summed E-state index contributed by atoms with van der Waals surface area (Å²) in [6.07, 6.45) is 37.0. The SMILES string of the molecule is CC(=CCC[C@@H](C)[C@H]1CC[C@H]2[C@@H]3CCC4CCCC[C@]4(C)[C@H]3CC[C@]12C)CO.CC(C)CCC[C@@H](C)[C@H]1CC[C@H]2[C@@H]3CC=C4C[C@@H](O)CC[C@]4(C)[C@H]3CC[C@]12C. The average molecular weight is 773 g/mol. The maximum atomic E-state index is 10.2. The Bertz CT molecular complexity index is 1380. The molecular formula is C54H92O2. The predicted molar refractivity (Wildman–Crippen MR) is 238 cm³/mol. The Morgan fingerprint density at radius 3 is 2.00 bits per heavy atom. The Balaban J connectivity index is 0.000000172. The molecular weight excluding hydrogens is 681 g/mol. The molecule has 1 unspecified atom stereocenters. The van der Waals surface area contributed by atoms with Crippen LogP contribution in [-0.2, 0) is 0 Å². The summed E-state index contributed by atoms with van der Waals surface area (Å²) >= 11 is 0. The van der Waals surface area contributed by atoms with E-state index in [9.17, 15) is 10.2 Å². The minimum absolute atomic E-state index is 0.0766. The van der Waals surface area contributed by atoms with Crippen LogP contribution in [0, 0.1) is 92.7 Å². The van der Waals surface area contributed by atoms with Gasteiger partial charge in [0.1, 0.15) is 0 Å². The molecule has 8 rings (SSSR count). The van der Waals surface area contributed by atoms with E-state index in [0.29, 0.717) is 21.7 Å². The van der Waals surface area contributed by atoms with Crippen LogP contribution >= 0.6 is 0 Å². The van der Waals surface area contributed by atoms with Crippen molar-refractivity contribution < 1.29 is 10.2 Å². The molecule has 0 aromatic heterocycles. The van der Waals surface area contributed by atoms with Gasteiger partial charge >= 0.3 is 0 Å². The van der Waals surface area contributed by atoms with Crippen molar-refractivity contribution in [1.29, 1.82) is 0 Å². The van der Waals surface area contributed by atoms with E-state index in [-0.39, 0.29) is 12.7 Å². The summed E-state index contributed by atoms with van der Waals surface area (Å²) in [6.45, 7) is 22.8. The molecule has 0 radical (unpaired) electrons. The van der Waals surface area contributed by atoms with Crippen molar-refractivity contribution in [2.45, 2.75) is 216 Å². The van der Waals surface area contributed by atoms with Gasteiger partial charge in [-0.1, -0.05) is 111 Å². The van der Waals surface area contributed by atoms with Gasteiger partial charge < -0.3 is 10.2 Å². The second-order valence-electron chi connectivity index (χ2n) is 24.1. The quantitative estimate of drug-likeness (QED) is 0.217. The lowest BCUT2D eigenvalue weighted by Gasteiger charge is -2.61. The second kappa shape index (κ2) is 17.4. The summed E-state index contributed by atoms with van der Waals surface area (Å²) < 4.78 is 0. The Kier molecular flexibility index (Phi) is 13.5. The highest BCUT2D eigenvalue weighted by Gasteiger charge is 2.61. The topological polar surface area (TPSA) is 40.5 Å². The van der Waals surface area contributed by atoms with Gasteiger partial charge in [0.05, 0.1) is 12.7 Å². The molecule has 2 nitrogen and oxygen atoms in total. The number of allylic oxidation sites excluding steroid dienone is 2. The molecule has 2 N–H and O–H groups in total. The summed E-state index contributed by atoms with van der Waals surface area (Å²) in [5.41, 5.74) is 5.03. The van der Waals surface area contributed by atoms with Gasteiger partial charge in [-0.25, -0.2) is 0 Å². The van der Waals surface area contributed by atoms with Gasteiger partial charge in [0.25, 0.3) is 0 Å². The van der Waals surface area contributed by atoms with Crippen molar-refractivity contribution in [3.05, 3.63) is 23.3 Å². The number of fused-ring (bicyclic) bond motifs is 10. The number of hydrogen-bond donors (Lipinski definition) is 2. The van der Waals surface area contributed by atoms with Crippen LogP contribution in [-0.4, -0.2) is 22.9 Å². The van der Waals surface area contributed by atoms with Crippen LogP contribution in [0.15, 0.2) is 23.3 Å². The molecule has 0 spiro atoms. The Morgan fingerprint density at radius 1 is 0.679 bits per heavy atom. The first kappa shape index (κ1) is 43.5. The fraction of sp³-hybridized carbons (Fsp3) is 0.926. The van der Waals surface area contributed by atoms with Crippen LogP contribution in [0.1, 0.15) is 210 Å². The van der Waals surface area contributed by atoms with Crippen molar-refractivity contribution in [1.82, 2.24) is 0 Å². The van der Waals surface area contributed by atoms with E-state index in [1.54, 1.807) is 12.0 Å². The second-order valence-corrected chi connectivity index (χ2v) is 24.1. The van der Waals surface area contributed by atoms with Crippen LogP contribution < -0.4 is 0 Å². The maximum absolute atomic E-state index is 10.2. The minimum Gasteiger partial charge on any atom is -0.393 e. The molecule has 0 saturated heterocycles. The Hall–Kier alpha value is -0.600. The zero-order chi connectivity index (χ0) is 40.0. The van der Waals surface area contributed by atoms with Gasteiger partial charge in [-0.15, -0.1) is 0 Å². The zero-order valence-corrected chi connectivity index (χ0v) is 38.5. The third-order valence-corrected chi connectivity index (χ3v) is 21.0. The molecule has 0 bridgehead atoms. The van der Waals surface area contributed by atoms with E-state index in [1.807, 2.05) is 0 Å². The molecule has 0 amide bonds. The third kappa shape index (κ3) is 8.00. The first-order valence-electron chi connectivity index (χ1n) is 25.3. The van der Waals surface area contributed by atoms with Crippen LogP contribution in [0.25, 0.3) is 0 Å². The largest absolute Gasteiger partial charge is 0.393 e.